The van der Waals surface area contributed by atoms with Gasteiger partial charge in [-0.3, -0.25) is 4.90 Å². The third kappa shape index (κ3) is 4.77. The van der Waals surface area contributed by atoms with Gasteiger partial charge in [-0.25, -0.2) is 0 Å². The Morgan fingerprint density at radius 2 is 1.75 bits per heavy atom. The van der Waals surface area contributed by atoms with Gasteiger partial charge in [0.15, 0.2) is 0 Å². The van der Waals surface area contributed by atoms with Gasteiger partial charge in [-0.15, -0.1) is 0 Å². The van der Waals surface area contributed by atoms with Crippen molar-refractivity contribution < 1.29 is 5.11 Å². The maximum absolute atomic E-state index is 9.45. The fourth-order valence-electron chi connectivity index (χ4n) is 4.34. The number of halogens is 2. The summed E-state index contributed by atoms with van der Waals surface area (Å²) in [5.74, 6) is 0. The molecule has 3 aromatic carbocycles. The molecule has 0 aliphatic carbocycles. The van der Waals surface area contributed by atoms with Crippen LogP contribution in [0.1, 0.15) is 41.3 Å². The van der Waals surface area contributed by atoms with Crippen LogP contribution in [0.4, 0.5) is 5.69 Å². The number of hydrogen-bond donors (Lipinski definition) is 1. The Labute approximate surface area is 199 Å². The van der Waals surface area contributed by atoms with Gasteiger partial charge >= 0.3 is 0 Å². The topological polar surface area (TPSA) is 50.5 Å². The van der Waals surface area contributed by atoms with Crippen LogP contribution in [0.15, 0.2) is 66.7 Å². The van der Waals surface area contributed by atoms with Crippen LogP contribution in [-0.2, 0) is 6.61 Å². The maximum Gasteiger partial charge on any atom is 0.0991 e. The second kappa shape index (κ2) is 9.94. The van der Waals surface area contributed by atoms with E-state index in [-0.39, 0.29) is 18.7 Å². The summed E-state index contributed by atoms with van der Waals surface area (Å²) >= 11 is 12.8. The van der Waals surface area contributed by atoms with Gasteiger partial charge in [0.2, 0.25) is 0 Å². The summed E-state index contributed by atoms with van der Waals surface area (Å²) in [5.41, 5.74) is 4.81. The van der Waals surface area contributed by atoms with Crippen LogP contribution in [0.3, 0.4) is 0 Å². The summed E-state index contributed by atoms with van der Waals surface area (Å²) in [4.78, 5) is 4.81. The van der Waals surface area contributed by atoms with Crippen molar-refractivity contribution in [3.05, 3.63) is 99.0 Å². The normalized spacial score (nSPS) is 17.7. The molecule has 0 amide bonds. The molecule has 1 aliphatic rings. The van der Waals surface area contributed by atoms with Gasteiger partial charge < -0.3 is 10.0 Å². The molecule has 6 heteroatoms. The second-order valence-electron chi connectivity index (χ2n) is 8.11. The number of aliphatic hydroxyl groups is 1. The molecular formula is C26H25Cl2N3O. The summed E-state index contributed by atoms with van der Waals surface area (Å²) in [6, 6.07) is 24.1. The number of anilines is 1. The van der Waals surface area contributed by atoms with Crippen LogP contribution in [0.25, 0.3) is 0 Å². The highest BCUT2D eigenvalue weighted by Crippen LogP contribution is 2.38. The average molecular weight is 466 g/mol. The van der Waals surface area contributed by atoms with E-state index in [0.29, 0.717) is 15.6 Å². The quantitative estimate of drug-likeness (QED) is 0.503. The number of nitriles is 1. The molecule has 1 heterocycles. The predicted molar refractivity (Wildman–Crippen MR) is 130 cm³/mol. The van der Waals surface area contributed by atoms with Crippen LogP contribution >= 0.6 is 23.2 Å². The summed E-state index contributed by atoms with van der Waals surface area (Å²) in [6.45, 7) is 4.69. The zero-order valence-corrected chi connectivity index (χ0v) is 19.4. The fourth-order valence-corrected chi connectivity index (χ4v) is 4.78. The van der Waals surface area contributed by atoms with Crippen molar-refractivity contribution in [1.82, 2.24) is 4.90 Å². The first-order chi connectivity index (χ1) is 15.5. The van der Waals surface area contributed by atoms with Crippen molar-refractivity contribution >= 4 is 28.9 Å². The first-order valence-corrected chi connectivity index (χ1v) is 11.4. The number of benzene rings is 3. The Balaban J connectivity index is 1.64. The monoisotopic (exact) mass is 465 g/mol. The van der Waals surface area contributed by atoms with E-state index in [2.05, 4.69) is 34.9 Å². The first-order valence-electron chi connectivity index (χ1n) is 10.7. The third-order valence-electron chi connectivity index (χ3n) is 6.24. The molecule has 0 radical (unpaired) electrons. The van der Waals surface area contributed by atoms with Gasteiger partial charge in [0.05, 0.1) is 35.0 Å². The standard InChI is InChI=1S/C26H25Cl2N3O/c1-18(21-5-2-19(15-29)3-6-21)30-12-13-31(25-11-4-20(17-32)14-24(25)28)26(16-30)22-7-9-23(27)10-8-22/h2-11,14,18,26,32H,12-13,16-17H2,1H3/t18-,26+/m1/s1. The van der Waals surface area contributed by atoms with Crippen molar-refractivity contribution in [1.29, 1.82) is 5.26 Å². The molecule has 0 aromatic heterocycles. The molecule has 0 saturated carbocycles. The second-order valence-corrected chi connectivity index (χ2v) is 8.95. The van der Waals surface area contributed by atoms with E-state index in [9.17, 15) is 5.11 Å². The van der Waals surface area contributed by atoms with Crippen molar-refractivity contribution in [2.24, 2.45) is 0 Å². The highest BCUT2D eigenvalue weighted by molar-refractivity contribution is 6.33. The molecule has 164 valence electrons. The van der Waals surface area contributed by atoms with Crippen LogP contribution < -0.4 is 4.90 Å². The Morgan fingerprint density at radius 3 is 2.38 bits per heavy atom. The van der Waals surface area contributed by atoms with E-state index in [1.54, 1.807) is 0 Å². The molecule has 4 nitrogen and oxygen atoms in total. The van der Waals surface area contributed by atoms with Crippen LogP contribution in [0.2, 0.25) is 10.0 Å². The van der Waals surface area contributed by atoms with Gasteiger partial charge in [0.25, 0.3) is 0 Å². The SMILES string of the molecule is C[C@H](c1ccc(C#N)cc1)N1CCN(c2ccc(CO)cc2Cl)[C@H](c2ccc(Cl)cc2)C1. The summed E-state index contributed by atoms with van der Waals surface area (Å²) in [6.07, 6.45) is 0. The third-order valence-corrected chi connectivity index (χ3v) is 6.80. The largest absolute Gasteiger partial charge is 0.392 e. The molecule has 0 unspecified atom stereocenters. The summed E-state index contributed by atoms with van der Waals surface area (Å²) in [5, 5.41) is 19.9. The molecule has 0 bridgehead atoms. The molecule has 1 aliphatic heterocycles. The zero-order valence-electron chi connectivity index (χ0n) is 17.9. The summed E-state index contributed by atoms with van der Waals surface area (Å²) in [7, 11) is 0. The van der Waals surface area contributed by atoms with E-state index in [1.165, 1.54) is 11.1 Å². The zero-order chi connectivity index (χ0) is 22.7. The van der Waals surface area contributed by atoms with E-state index >= 15 is 0 Å². The number of rotatable bonds is 5. The lowest BCUT2D eigenvalue weighted by atomic mass is 9.98. The van der Waals surface area contributed by atoms with Gasteiger partial charge in [0, 0.05) is 30.7 Å². The van der Waals surface area contributed by atoms with Crippen LogP contribution in [-0.4, -0.2) is 29.6 Å². The number of aliphatic hydroxyl groups excluding tert-OH is 1. The molecule has 32 heavy (non-hydrogen) atoms. The van der Waals surface area contributed by atoms with Crippen LogP contribution in [0.5, 0.6) is 0 Å². The van der Waals surface area contributed by atoms with Gasteiger partial charge in [-0.1, -0.05) is 53.5 Å². The summed E-state index contributed by atoms with van der Waals surface area (Å²) < 4.78 is 0. The first kappa shape index (κ1) is 22.6. The van der Waals surface area contributed by atoms with E-state index < -0.39 is 0 Å². The molecular weight excluding hydrogens is 441 g/mol. The highest BCUT2D eigenvalue weighted by atomic mass is 35.5. The molecule has 1 fully saturated rings. The van der Waals surface area contributed by atoms with Gasteiger partial charge in [0.1, 0.15) is 0 Å². The lowest BCUT2D eigenvalue weighted by molar-refractivity contribution is 0.171. The van der Waals surface area contributed by atoms with Crippen molar-refractivity contribution in [3.63, 3.8) is 0 Å². The minimum atomic E-state index is -0.0313. The Hall–Kier alpha value is -2.55. The Morgan fingerprint density at radius 1 is 1.03 bits per heavy atom. The van der Waals surface area contributed by atoms with Crippen molar-refractivity contribution in [3.8, 4) is 6.07 Å². The lowest BCUT2D eigenvalue weighted by Crippen LogP contribution is -2.49. The fraction of sp³-hybridized carbons (Fsp3) is 0.269. The average Bonchev–Trinajstić information content (AvgIpc) is 2.84. The highest BCUT2D eigenvalue weighted by Gasteiger charge is 2.32. The van der Waals surface area contributed by atoms with Crippen molar-refractivity contribution in [2.45, 2.75) is 25.6 Å². The molecule has 0 spiro atoms. The predicted octanol–water partition coefficient (Wildman–Crippen LogP) is 5.98. The smallest absolute Gasteiger partial charge is 0.0991 e. The molecule has 4 rings (SSSR count). The molecule has 2 atom stereocenters. The minimum Gasteiger partial charge on any atom is -0.392 e. The minimum absolute atomic E-state index is 0.0313. The molecule has 3 aromatic rings. The van der Waals surface area contributed by atoms with E-state index in [0.717, 1.165) is 30.9 Å². The van der Waals surface area contributed by atoms with Gasteiger partial charge in [-0.05, 0) is 60.0 Å². The maximum atomic E-state index is 9.45. The number of piperazine rings is 1. The van der Waals surface area contributed by atoms with E-state index in [4.69, 9.17) is 28.5 Å². The van der Waals surface area contributed by atoms with Crippen LogP contribution in [0, 0.1) is 11.3 Å². The lowest BCUT2D eigenvalue weighted by Gasteiger charge is -2.45. The number of hydrogen-bond acceptors (Lipinski definition) is 4. The molecule has 1 N–H and O–H groups in total. The molecule has 1 saturated heterocycles. The van der Waals surface area contributed by atoms with Gasteiger partial charge in [-0.2, -0.15) is 5.26 Å². The Bertz CT molecular complexity index is 1110. The number of nitrogens with zero attached hydrogens (tertiary/aromatic N) is 3. The van der Waals surface area contributed by atoms with Crippen molar-refractivity contribution in [2.75, 3.05) is 24.5 Å². The van der Waals surface area contributed by atoms with E-state index in [1.807, 2.05) is 54.6 Å². The Kier molecular flexibility index (Phi) is 7.03.